The molecule has 3 heteroatoms. The van der Waals surface area contributed by atoms with Gasteiger partial charge in [0.15, 0.2) is 0 Å². The zero-order chi connectivity index (χ0) is 13.3. The summed E-state index contributed by atoms with van der Waals surface area (Å²) in [7, 11) is 0. The van der Waals surface area contributed by atoms with Gasteiger partial charge in [0.2, 0.25) is 0 Å². The van der Waals surface area contributed by atoms with E-state index in [9.17, 15) is 0 Å². The maximum Gasteiger partial charge on any atom is 0.0438 e. The average molecular weight is 280 g/mol. The van der Waals surface area contributed by atoms with Gasteiger partial charge in [0.1, 0.15) is 0 Å². The highest BCUT2D eigenvalue weighted by Crippen LogP contribution is 2.32. The molecule has 2 rings (SSSR count). The molecule has 0 fully saturated rings. The molecule has 94 valence electrons. The van der Waals surface area contributed by atoms with E-state index in [1.54, 1.807) is 0 Å². The Kier molecular flexibility index (Phi) is 3.96. The molecule has 0 saturated carbocycles. The first-order valence-electron chi connectivity index (χ1n) is 5.78. The number of hydrogen-bond acceptors (Lipinski definition) is 1. The molecule has 0 aromatic heterocycles. The summed E-state index contributed by atoms with van der Waals surface area (Å²) in [6, 6.07) is 9.86. The fraction of sp³-hybridized carbons (Fsp3) is 0.200. The van der Waals surface area contributed by atoms with Gasteiger partial charge in [-0.3, -0.25) is 0 Å². The fourth-order valence-corrected chi connectivity index (χ4v) is 2.44. The van der Waals surface area contributed by atoms with Gasteiger partial charge in [0, 0.05) is 16.6 Å². The molecule has 0 aliphatic rings. The SMILES string of the molecule is Cc1cc(-c2cc(Cl)ccc2CN)c(C)cc1Cl. The van der Waals surface area contributed by atoms with Crippen molar-refractivity contribution in [1.29, 1.82) is 0 Å². The van der Waals surface area contributed by atoms with Gasteiger partial charge in [-0.2, -0.15) is 0 Å². The quantitative estimate of drug-likeness (QED) is 0.845. The van der Waals surface area contributed by atoms with Crippen molar-refractivity contribution in [2.24, 2.45) is 5.73 Å². The van der Waals surface area contributed by atoms with E-state index in [-0.39, 0.29) is 0 Å². The highest BCUT2D eigenvalue weighted by Gasteiger charge is 2.09. The summed E-state index contributed by atoms with van der Waals surface area (Å²) in [5.41, 5.74) is 11.3. The van der Waals surface area contributed by atoms with Crippen LogP contribution in [0.15, 0.2) is 30.3 Å². The number of halogens is 2. The molecule has 2 aromatic carbocycles. The monoisotopic (exact) mass is 279 g/mol. The van der Waals surface area contributed by atoms with Crippen LogP contribution < -0.4 is 5.73 Å². The lowest BCUT2D eigenvalue weighted by molar-refractivity contribution is 1.07. The second kappa shape index (κ2) is 5.31. The van der Waals surface area contributed by atoms with Crippen molar-refractivity contribution in [3.8, 4) is 11.1 Å². The molecule has 0 spiro atoms. The zero-order valence-electron chi connectivity index (χ0n) is 10.4. The molecular weight excluding hydrogens is 265 g/mol. The molecule has 2 aromatic rings. The van der Waals surface area contributed by atoms with Crippen molar-refractivity contribution in [1.82, 2.24) is 0 Å². The van der Waals surface area contributed by atoms with Gasteiger partial charge in [-0.05, 0) is 65.9 Å². The Morgan fingerprint density at radius 1 is 0.944 bits per heavy atom. The summed E-state index contributed by atoms with van der Waals surface area (Å²) in [4.78, 5) is 0. The second-order valence-electron chi connectivity index (χ2n) is 4.42. The van der Waals surface area contributed by atoms with Crippen LogP contribution in [0.25, 0.3) is 11.1 Å². The van der Waals surface area contributed by atoms with E-state index in [0.29, 0.717) is 11.6 Å². The molecule has 0 aliphatic heterocycles. The largest absolute Gasteiger partial charge is 0.326 e. The van der Waals surface area contributed by atoms with Crippen LogP contribution >= 0.6 is 23.2 Å². The first-order valence-corrected chi connectivity index (χ1v) is 6.54. The third kappa shape index (κ3) is 2.54. The topological polar surface area (TPSA) is 26.0 Å². The minimum Gasteiger partial charge on any atom is -0.326 e. The normalized spacial score (nSPS) is 10.7. The van der Waals surface area contributed by atoms with E-state index in [0.717, 1.165) is 32.8 Å². The molecule has 0 atom stereocenters. The second-order valence-corrected chi connectivity index (χ2v) is 5.27. The average Bonchev–Trinajstić information content (AvgIpc) is 2.34. The van der Waals surface area contributed by atoms with Crippen LogP contribution in [0, 0.1) is 13.8 Å². The Hall–Kier alpha value is -1.02. The summed E-state index contributed by atoms with van der Waals surface area (Å²) in [5, 5.41) is 1.50. The molecule has 2 N–H and O–H groups in total. The van der Waals surface area contributed by atoms with Crippen molar-refractivity contribution >= 4 is 23.2 Å². The highest BCUT2D eigenvalue weighted by atomic mass is 35.5. The third-order valence-electron chi connectivity index (χ3n) is 3.09. The van der Waals surface area contributed by atoms with Gasteiger partial charge >= 0.3 is 0 Å². The Labute approximate surface area is 118 Å². The molecule has 0 bridgehead atoms. The molecule has 0 heterocycles. The van der Waals surface area contributed by atoms with Gasteiger partial charge in [-0.1, -0.05) is 29.3 Å². The van der Waals surface area contributed by atoms with E-state index in [4.69, 9.17) is 28.9 Å². The first-order chi connectivity index (χ1) is 8.52. The van der Waals surface area contributed by atoms with Crippen LogP contribution in [-0.2, 0) is 6.54 Å². The van der Waals surface area contributed by atoms with Crippen molar-refractivity contribution < 1.29 is 0 Å². The smallest absolute Gasteiger partial charge is 0.0438 e. The van der Waals surface area contributed by atoms with Gasteiger partial charge in [0.25, 0.3) is 0 Å². The van der Waals surface area contributed by atoms with E-state index >= 15 is 0 Å². The number of nitrogens with two attached hydrogens (primary N) is 1. The van der Waals surface area contributed by atoms with Gasteiger partial charge in [-0.25, -0.2) is 0 Å². The molecule has 18 heavy (non-hydrogen) atoms. The van der Waals surface area contributed by atoms with E-state index in [2.05, 4.69) is 6.07 Å². The minimum atomic E-state index is 0.494. The molecule has 0 saturated heterocycles. The number of benzene rings is 2. The van der Waals surface area contributed by atoms with Crippen LogP contribution in [0.1, 0.15) is 16.7 Å². The lowest BCUT2D eigenvalue weighted by Crippen LogP contribution is -2.00. The molecular formula is C15H15Cl2N. The minimum absolute atomic E-state index is 0.494. The van der Waals surface area contributed by atoms with E-state index in [1.165, 1.54) is 0 Å². The summed E-state index contributed by atoms with van der Waals surface area (Å²) >= 11 is 12.2. The highest BCUT2D eigenvalue weighted by molar-refractivity contribution is 6.31. The molecule has 0 radical (unpaired) electrons. The summed E-state index contributed by atoms with van der Waals surface area (Å²) < 4.78 is 0. The first kappa shape index (κ1) is 13.4. The van der Waals surface area contributed by atoms with E-state index in [1.807, 2.05) is 38.1 Å². The number of hydrogen-bond donors (Lipinski definition) is 1. The molecule has 0 aliphatic carbocycles. The standard InChI is InChI=1S/C15H15Cl2N/c1-9-6-15(17)10(2)5-13(9)14-7-12(16)4-3-11(14)8-18/h3-7H,8,18H2,1-2H3. The summed E-state index contributed by atoms with van der Waals surface area (Å²) in [5.74, 6) is 0. The molecule has 0 amide bonds. The third-order valence-corrected chi connectivity index (χ3v) is 3.73. The van der Waals surface area contributed by atoms with Crippen molar-refractivity contribution in [2.75, 3.05) is 0 Å². The van der Waals surface area contributed by atoms with Gasteiger partial charge < -0.3 is 5.73 Å². The van der Waals surface area contributed by atoms with Gasteiger partial charge in [-0.15, -0.1) is 0 Å². The predicted molar refractivity (Wildman–Crippen MR) is 79.3 cm³/mol. The van der Waals surface area contributed by atoms with Crippen LogP contribution in [0.3, 0.4) is 0 Å². The molecule has 0 unspecified atom stereocenters. The maximum absolute atomic E-state index is 6.13. The Morgan fingerprint density at radius 3 is 2.33 bits per heavy atom. The predicted octanol–water partition coefficient (Wildman–Crippen LogP) is 4.74. The fourth-order valence-electron chi connectivity index (χ4n) is 2.05. The summed E-state index contributed by atoms with van der Waals surface area (Å²) in [6.45, 7) is 4.54. The Morgan fingerprint density at radius 2 is 1.67 bits per heavy atom. The number of aryl methyl sites for hydroxylation is 2. The zero-order valence-corrected chi connectivity index (χ0v) is 11.9. The van der Waals surface area contributed by atoms with Gasteiger partial charge in [0.05, 0.1) is 0 Å². The lowest BCUT2D eigenvalue weighted by atomic mass is 9.94. The van der Waals surface area contributed by atoms with E-state index < -0.39 is 0 Å². The van der Waals surface area contributed by atoms with Crippen LogP contribution in [0.4, 0.5) is 0 Å². The Balaban J connectivity index is 2.68. The van der Waals surface area contributed by atoms with Crippen LogP contribution in [0.2, 0.25) is 10.0 Å². The van der Waals surface area contributed by atoms with Crippen LogP contribution in [0.5, 0.6) is 0 Å². The molecule has 1 nitrogen and oxygen atoms in total. The lowest BCUT2D eigenvalue weighted by Gasteiger charge is -2.13. The summed E-state index contributed by atoms with van der Waals surface area (Å²) in [6.07, 6.45) is 0. The van der Waals surface area contributed by atoms with Crippen LogP contribution in [-0.4, -0.2) is 0 Å². The van der Waals surface area contributed by atoms with Crippen molar-refractivity contribution in [3.05, 3.63) is 57.1 Å². The van der Waals surface area contributed by atoms with Crippen molar-refractivity contribution in [3.63, 3.8) is 0 Å². The Bertz CT molecular complexity index is 591. The maximum atomic E-state index is 6.13. The van der Waals surface area contributed by atoms with Crippen molar-refractivity contribution in [2.45, 2.75) is 20.4 Å². The number of rotatable bonds is 2.